The summed E-state index contributed by atoms with van der Waals surface area (Å²) in [5.41, 5.74) is 2.67. The predicted molar refractivity (Wildman–Crippen MR) is 90.6 cm³/mol. The number of para-hydroxylation sites is 1. The summed E-state index contributed by atoms with van der Waals surface area (Å²) in [6, 6.07) is 8.58. The van der Waals surface area contributed by atoms with E-state index in [1.807, 2.05) is 6.07 Å². The van der Waals surface area contributed by atoms with Gasteiger partial charge in [0.15, 0.2) is 0 Å². The molecule has 0 amide bonds. The minimum Gasteiger partial charge on any atom is -0.459 e. The summed E-state index contributed by atoms with van der Waals surface area (Å²) in [5.74, 6) is 1.72. The maximum absolute atomic E-state index is 6.11. The second-order valence-electron chi connectivity index (χ2n) is 7.19. The van der Waals surface area contributed by atoms with Crippen molar-refractivity contribution in [2.24, 2.45) is 11.3 Å². The van der Waals surface area contributed by atoms with Crippen LogP contribution in [-0.2, 0) is 6.42 Å². The number of fused-ring (bicyclic) bond motifs is 1. The maximum atomic E-state index is 6.11. The highest BCUT2D eigenvalue weighted by Gasteiger charge is 2.22. The van der Waals surface area contributed by atoms with Gasteiger partial charge >= 0.3 is 0 Å². The molecule has 1 N–H and O–H groups in total. The molecule has 0 fully saturated rings. The van der Waals surface area contributed by atoms with Crippen LogP contribution >= 0.6 is 0 Å². The first kappa shape index (κ1) is 16.1. The number of nitrogens with one attached hydrogen (secondary N) is 1. The van der Waals surface area contributed by atoms with Crippen molar-refractivity contribution in [3.8, 4) is 0 Å². The molecule has 0 saturated carbocycles. The number of furan rings is 1. The van der Waals surface area contributed by atoms with E-state index in [4.69, 9.17) is 4.42 Å². The Morgan fingerprint density at radius 2 is 1.81 bits per heavy atom. The van der Waals surface area contributed by atoms with Gasteiger partial charge < -0.3 is 9.73 Å². The van der Waals surface area contributed by atoms with Crippen LogP contribution in [0, 0.1) is 11.3 Å². The molecular weight excluding hydrogens is 258 g/mol. The highest BCUT2D eigenvalue weighted by Crippen LogP contribution is 2.31. The zero-order valence-electron chi connectivity index (χ0n) is 14.3. The molecule has 0 radical (unpaired) electrons. The van der Waals surface area contributed by atoms with Gasteiger partial charge in [0.05, 0.1) is 6.04 Å². The highest BCUT2D eigenvalue weighted by molar-refractivity contribution is 5.82. The lowest BCUT2D eigenvalue weighted by atomic mass is 9.82. The third-order valence-corrected chi connectivity index (χ3v) is 4.68. The molecule has 0 aliphatic carbocycles. The van der Waals surface area contributed by atoms with Crippen molar-refractivity contribution in [1.29, 1.82) is 0 Å². The quantitative estimate of drug-likeness (QED) is 0.804. The van der Waals surface area contributed by atoms with E-state index in [1.165, 1.54) is 10.9 Å². The van der Waals surface area contributed by atoms with Crippen molar-refractivity contribution < 1.29 is 4.42 Å². The van der Waals surface area contributed by atoms with Crippen LogP contribution in [0.3, 0.4) is 0 Å². The molecule has 2 aromatic rings. The van der Waals surface area contributed by atoms with Crippen molar-refractivity contribution in [3.05, 3.63) is 35.6 Å². The van der Waals surface area contributed by atoms with Crippen LogP contribution < -0.4 is 5.32 Å². The van der Waals surface area contributed by atoms with Gasteiger partial charge in [-0.2, -0.15) is 0 Å². The van der Waals surface area contributed by atoms with Crippen LogP contribution in [-0.4, -0.2) is 6.54 Å². The summed E-state index contributed by atoms with van der Waals surface area (Å²) in [7, 11) is 0. The molecular formula is C19H29NO. The number of benzene rings is 1. The van der Waals surface area contributed by atoms with Crippen molar-refractivity contribution >= 4 is 11.0 Å². The van der Waals surface area contributed by atoms with Gasteiger partial charge in [0.25, 0.3) is 0 Å². The number of rotatable bonds is 5. The zero-order chi connectivity index (χ0) is 15.6. The molecule has 116 valence electrons. The van der Waals surface area contributed by atoms with E-state index in [0.29, 0.717) is 11.3 Å². The van der Waals surface area contributed by atoms with Gasteiger partial charge in [0.2, 0.25) is 0 Å². The van der Waals surface area contributed by atoms with Gasteiger partial charge in [0, 0.05) is 10.9 Å². The summed E-state index contributed by atoms with van der Waals surface area (Å²) >= 11 is 0. The van der Waals surface area contributed by atoms with E-state index in [0.717, 1.165) is 24.3 Å². The Kier molecular flexibility index (Phi) is 4.77. The molecule has 0 aliphatic heterocycles. The normalized spacial score (nSPS) is 15.3. The predicted octanol–water partition coefficient (Wildman–Crippen LogP) is 5.33. The van der Waals surface area contributed by atoms with E-state index in [9.17, 15) is 0 Å². The Morgan fingerprint density at radius 1 is 1.14 bits per heavy atom. The van der Waals surface area contributed by atoms with Crippen LogP contribution in [0.25, 0.3) is 11.0 Å². The van der Waals surface area contributed by atoms with Crippen LogP contribution in [0.4, 0.5) is 0 Å². The summed E-state index contributed by atoms with van der Waals surface area (Å²) in [4.78, 5) is 0. The fraction of sp³-hybridized carbons (Fsp3) is 0.579. The van der Waals surface area contributed by atoms with Crippen molar-refractivity contribution in [1.82, 2.24) is 5.32 Å². The van der Waals surface area contributed by atoms with E-state index in [-0.39, 0.29) is 6.04 Å². The molecule has 0 spiro atoms. The third kappa shape index (κ3) is 3.49. The molecule has 0 saturated heterocycles. The van der Waals surface area contributed by atoms with Gasteiger partial charge in [0.1, 0.15) is 11.3 Å². The Hall–Kier alpha value is -1.28. The first-order chi connectivity index (χ1) is 9.84. The molecule has 1 aromatic carbocycles. The number of hydrogen-bond acceptors (Lipinski definition) is 2. The van der Waals surface area contributed by atoms with Crippen LogP contribution in [0.2, 0.25) is 0 Å². The Balaban J connectivity index is 2.18. The topological polar surface area (TPSA) is 25.2 Å². The lowest BCUT2D eigenvalue weighted by molar-refractivity contribution is 0.243. The Morgan fingerprint density at radius 3 is 2.43 bits per heavy atom. The second-order valence-corrected chi connectivity index (χ2v) is 7.19. The average molecular weight is 287 g/mol. The van der Waals surface area contributed by atoms with Gasteiger partial charge in [-0.25, -0.2) is 0 Å². The number of aryl methyl sites for hydroxylation is 1. The van der Waals surface area contributed by atoms with Crippen molar-refractivity contribution in [3.63, 3.8) is 0 Å². The second kappa shape index (κ2) is 6.23. The van der Waals surface area contributed by atoms with E-state index >= 15 is 0 Å². The molecule has 2 unspecified atom stereocenters. The lowest BCUT2D eigenvalue weighted by Crippen LogP contribution is -2.31. The lowest BCUT2D eigenvalue weighted by Gasteiger charge is -2.28. The van der Waals surface area contributed by atoms with Crippen LogP contribution in [0.1, 0.15) is 58.9 Å². The van der Waals surface area contributed by atoms with Gasteiger partial charge in [-0.05, 0) is 37.3 Å². The van der Waals surface area contributed by atoms with Gasteiger partial charge in [-0.3, -0.25) is 0 Å². The molecule has 2 rings (SSSR count). The van der Waals surface area contributed by atoms with Gasteiger partial charge in [-0.1, -0.05) is 52.8 Å². The highest BCUT2D eigenvalue weighted by atomic mass is 16.3. The zero-order valence-corrected chi connectivity index (χ0v) is 14.3. The summed E-state index contributed by atoms with van der Waals surface area (Å²) in [6.07, 6.45) is 1.01. The summed E-state index contributed by atoms with van der Waals surface area (Å²) in [6.45, 7) is 14.6. The molecule has 1 heterocycles. The first-order valence-corrected chi connectivity index (χ1v) is 8.08. The van der Waals surface area contributed by atoms with E-state index in [2.05, 4.69) is 65.1 Å². The van der Waals surface area contributed by atoms with E-state index in [1.54, 1.807) is 0 Å². The number of hydrogen-bond donors (Lipinski definition) is 1. The molecule has 1 aromatic heterocycles. The fourth-order valence-corrected chi connectivity index (χ4v) is 2.58. The average Bonchev–Trinajstić information content (AvgIpc) is 2.81. The Bertz CT molecular complexity index is 591. The van der Waals surface area contributed by atoms with Crippen LogP contribution in [0.15, 0.2) is 28.7 Å². The molecule has 2 atom stereocenters. The summed E-state index contributed by atoms with van der Waals surface area (Å²) < 4.78 is 6.11. The van der Waals surface area contributed by atoms with Crippen molar-refractivity contribution in [2.75, 3.05) is 6.54 Å². The van der Waals surface area contributed by atoms with Gasteiger partial charge in [-0.15, -0.1) is 0 Å². The van der Waals surface area contributed by atoms with E-state index < -0.39 is 0 Å². The fourth-order valence-electron chi connectivity index (χ4n) is 2.58. The smallest absolute Gasteiger partial charge is 0.134 e. The molecule has 0 aliphatic rings. The standard InChI is InChI=1S/C19H29NO/c1-7-15-16-10-8-9-11-17(16)21-18(15)14(3)20-12-13(2)19(4,5)6/h8-11,13-14,20H,7,12H2,1-6H3. The molecule has 2 heteroatoms. The largest absolute Gasteiger partial charge is 0.459 e. The monoisotopic (exact) mass is 287 g/mol. The Labute approximate surface area is 128 Å². The molecule has 2 nitrogen and oxygen atoms in total. The first-order valence-electron chi connectivity index (χ1n) is 8.08. The molecule has 21 heavy (non-hydrogen) atoms. The van der Waals surface area contributed by atoms with Crippen LogP contribution in [0.5, 0.6) is 0 Å². The SMILES string of the molecule is CCc1c(C(C)NCC(C)C(C)(C)C)oc2ccccc12. The third-order valence-electron chi connectivity index (χ3n) is 4.68. The van der Waals surface area contributed by atoms with Crippen molar-refractivity contribution in [2.45, 2.75) is 54.0 Å². The maximum Gasteiger partial charge on any atom is 0.134 e. The minimum absolute atomic E-state index is 0.247. The molecule has 0 bridgehead atoms. The minimum atomic E-state index is 0.247. The summed E-state index contributed by atoms with van der Waals surface area (Å²) in [5, 5.41) is 4.90.